The Kier molecular flexibility index (Phi) is 7.21. The van der Waals surface area contributed by atoms with Crippen molar-refractivity contribution in [1.82, 2.24) is 0 Å². The van der Waals surface area contributed by atoms with Gasteiger partial charge in [-0.25, -0.2) is 0 Å². The maximum Gasteiger partial charge on any atom is 0.0743 e. The zero-order chi connectivity index (χ0) is 44.7. The molecule has 4 aromatic heterocycles. The van der Waals surface area contributed by atoms with Gasteiger partial charge < -0.3 is 4.90 Å². The van der Waals surface area contributed by atoms with Gasteiger partial charge in [-0.3, -0.25) is 0 Å². The highest BCUT2D eigenvalue weighted by atomic mass is 32.1. The topological polar surface area (TPSA) is 3.24 Å². The Morgan fingerprint density at radius 3 is 1.80 bits per heavy atom. The van der Waals surface area contributed by atoms with Crippen LogP contribution in [0, 0.1) is 0 Å². The summed E-state index contributed by atoms with van der Waals surface area (Å²) in [5, 5.41) is 12.7. The molecule has 9 aromatic carbocycles. The number of anilines is 3. The standard InChI is InChI=1S/C64H35NS4/c1-3-12-38(13-4-1)63(39-14-5-2-6-15-39)45-18-8-9-19-51(45)65(53-35-55-44(34-50(53)63)40-16-7-10-21-54(40)68-55)52-20-11-17-41-42-27-29-47-58(60(42)69-59(41)52)43-26-24-36-22-23-37-25-28-46(57(43)56(36)37)64(47)48-30-32-66-61(48)62-49(64)31-33-67-62/h1-35H. The van der Waals surface area contributed by atoms with Gasteiger partial charge in [0.05, 0.1) is 32.6 Å². The van der Waals surface area contributed by atoms with Crippen LogP contribution in [0.25, 0.3) is 84.2 Å². The summed E-state index contributed by atoms with van der Waals surface area (Å²) in [7, 11) is 0. The number of hydrogen-bond donors (Lipinski definition) is 0. The van der Waals surface area contributed by atoms with Crippen molar-refractivity contribution in [2.45, 2.75) is 10.8 Å². The van der Waals surface area contributed by atoms with E-state index in [1.54, 1.807) is 0 Å². The molecular weight excluding hydrogens is 911 g/mol. The van der Waals surface area contributed by atoms with Crippen molar-refractivity contribution in [1.29, 1.82) is 0 Å². The van der Waals surface area contributed by atoms with Gasteiger partial charge in [0.15, 0.2) is 0 Å². The first-order valence-corrected chi connectivity index (χ1v) is 27.0. The summed E-state index contributed by atoms with van der Waals surface area (Å²) in [6.45, 7) is 0. The molecule has 13 aromatic rings. The van der Waals surface area contributed by atoms with Gasteiger partial charge >= 0.3 is 0 Å². The van der Waals surface area contributed by atoms with E-state index in [-0.39, 0.29) is 0 Å². The number of benzene rings is 9. The maximum atomic E-state index is 2.62. The zero-order valence-corrected chi connectivity index (χ0v) is 40.1. The van der Waals surface area contributed by atoms with Crippen LogP contribution in [0.15, 0.2) is 199 Å². The highest BCUT2D eigenvalue weighted by molar-refractivity contribution is 7.27. The van der Waals surface area contributed by atoms with Crippen LogP contribution in [0.2, 0.25) is 0 Å². The molecule has 3 aliphatic carbocycles. The van der Waals surface area contributed by atoms with Crippen molar-refractivity contribution in [3.05, 3.63) is 254 Å². The molecule has 0 amide bonds. The summed E-state index contributed by atoms with van der Waals surface area (Å²) < 4.78 is 5.27. The van der Waals surface area contributed by atoms with Crippen LogP contribution in [-0.2, 0) is 10.8 Å². The van der Waals surface area contributed by atoms with E-state index in [2.05, 4.69) is 216 Å². The molecule has 0 atom stereocenters. The third kappa shape index (κ3) is 4.44. The fourth-order valence-electron chi connectivity index (χ4n) is 13.5. The highest BCUT2D eigenvalue weighted by Gasteiger charge is 2.53. The quantitative estimate of drug-likeness (QED) is 0.171. The SMILES string of the molecule is C1=Cc2ccc3c4c(ccc1c24)-c1c(ccc2c1sc1c(N4c5ccccc5C(c5ccccc5)(c5ccccc5)c5cc6c(cc54)sc4ccccc46)cccc12)C31c2ccsc2-c2sccc21. The molecule has 69 heavy (non-hydrogen) atoms. The summed E-state index contributed by atoms with van der Waals surface area (Å²) in [4.78, 5) is 5.47. The molecule has 320 valence electrons. The van der Waals surface area contributed by atoms with Crippen LogP contribution in [0.5, 0.6) is 0 Å². The molecule has 0 N–H and O–H groups in total. The van der Waals surface area contributed by atoms with Gasteiger partial charge in [0.1, 0.15) is 0 Å². The Balaban J connectivity index is 0.999. The summed E-state index contributed by atoms with van der Waals surface area (Å²) in [6, 6.07) is 72.3. The Morgan fingerprint density at radius 1 is 0.362 bits per heavy atom. The van der Waals surface area contributed by atoms with E-state index < -0.39 is 10.8 Å². The zero-order valence-electron chi connectivity index (χ0n) is 36.8. The third-order valence-electron chi connectivity index (χ3n) is 16.1. The molecule has 5 heterocycles. The second kappa shape index (κ2) is 13.2. The lowest BCUT2D eigenvalue weighted by molar-refractivity contribution is 0.733. The summed E-state index contributed by atoms with van der Waals surface area (Å²) >= 11 is 7.69. The molecular formula is C64H35NS4. The minimum atomic E-state index is -0.589. The predicted molar refractivity (Wildman–Crippen MR) is 297 cm³/mol. The van der Waals surface area contributed by atoms with E-state index in [4.69, 9.17) is 0 Å². The summed E-state index contributed by atoms with van der Waals surface area (Å²) in [5.74, 6) is 0. The van der Waals surface area contributed by atoms with Crippen molar-refractivity contribution < 1.29 is 0 Å². The average Bonchev–Trinajstić information content (AvgIpc) is 4.28. The smallest absolute Gasteiger partial charge is 0.0743 e. The Bertz CT molecular complexity index is 4350. The molecule has 0 saturated heterocycles. The molecule has 5 heteroatoms. The maximum absolute atomic E-state index is 2.62. The molecule has 1 spiro atoms. The second-order valence-electron chi connectivity index (χ2n) is 19.0. The Morgan fingerprint density at radius 2 is 1.01 bits per heavy atom. The van der Waals surface area contributed by atoms with Gasteiger partial charge in [-0.2, -0.15) is 0 Å². The largest absolute Gasteiger partial charge is 0.308 e. The minimum absolute atomic E-state index is 0.404. The summed E-state index contributed by atoms with van der Waals surface area (Å²) in [6.07, 6.45) is 4.64. The van der Waals surface area contributed by atoms with Gasteiger partial charge in [0.25, 0.3) is 0 Å². The van der Waals surface area contributed by atoms with Crippen LogP contribution in [0.4, 0.5) is 17.1 Å². The van der Waals surface area contributed by atoms with E-state index in [1.165, 1.54) is 145 Å². The van der Waals surface area contributed by atoms with E-state index in [0.29, 0.717) is 0 Å². The number of hydrogen-bond acceptors (Lipinski definition) is 5. The van der Waals surface area contributed by atoms with E-state index >= 15 is 0 Å². The molecule has 17 rings (SSSR count). The molecule has 0 bridgehead atoms. The first-order chi connectivity index (χ1) is 34.2. The van der Waals surface area contributed by atoms with E-state index in [9.17, 15) is 0 Å². The fourth-order valence-corrected chi connectivity index (χ4v) is 18.1. The normalized spacial score (nSPS) is 15.1. The minimum Gasteiger partial charge on any atom is -0.308 e. The van der Waals surface area contributed by atoms with Crippen molar-refractivity contribution >= 4 is 126 Å². The van der Waals surface area contributed by atoms with Crippen LogP contribution >= 0.6 is 45.3 Å². The van der Waals surface area contributed by atoms with Crippen LogP contribution in [0.3, 0.4) is 0 Å². The molecule has 0 saturated carbocycles. The fraction of sp³-hybridized carbons (Fsp3) is 0.0312. The van der Waals surface area contributed by atoms with Gasteiger partial charge in [-0.15, -0.1) is 45.3 Å². The van der Waals surface area contributed by atoms with Crippen molar-refractivity contribution in [2.24, 2.45) is 0 Å². The number of fused-ring (bicyclic) bond motifs is 18. The lowest BCUT2D eigenvalue weighted by Gasteiger charge is -2.46. The molecule has 4 aliphatic rings. The van der Waals surface area contributed by atoms with Crippen LogP contribution in [0.1, 0.15) is 55.6 Å². The molecule has 1 aliphatic heterocycles. The molecule has 0 unspecified atom stereocenters. The summed E-state index contributed by atoms with van der Waals surface area (Å²) in [5.41, 5.74) is 18.8. The monoisotopic (exact) mass is 945 g/mol. The number of thiophene rings is 4. The molecule has 0 fully saturated rings. The highest BCUT2D eigenvalue weighted by Crippen LogP contribution is 2.67. The predicted octanol–water partition coefficient (Wildman–Crippen LogP) is 18.7. The number of para-hydroxylation sites is 1. The first kappa shape index (κ1) is 37.6. The molecule has 0 radical (unpaired) electrons. The van der Waals surface area contributed by atoms with Gasteiger partial charge in [0, 0.05) is 51.0 Å². The van der Waals surface area contributed by atoms with Gasteiger partial charge in [0.2, 0.25) is 0 Å². The second-order valence-corrected chi connectivity index (χ2v) is 22.9. The average molecular weight is 946 g/mol. The van der Waals surface area contributed by atoms with E-state index in [0.717, 1.165) is 0 Å². The van der Waals surface area contributed by atoms with Crippen molar-refractivity contribution in [2.75, 3.05) is 4.90 Å². The number of rotatable bonds is 3. The van der Waals surface area contributed by atoms with Crippen molar-refractivity contribution in [3.8, 4) is 20.9 Å². The van der Waals surface area contributed by atoms with Gasteiger partial charge in [-0.05, 0) is 125 Å². The van der Waals surface area contributed by atoms with Gasteiger partial charge in [-0.1, -0.05) is 158 Å². The van der Waals surface area contributed by atoms with E-state index in [1.807, 2.05) is 45.3 Å². The Hall–Kier alpha value is -7.38. The number of nitrogens with zero attached hydrogens (tertiary/aromatic N) is 1. The third-order valence-corrected chi connectivity index (χ3v) is 20.5. The van der Waals surface area contributed by atoms with Crippen molar-refractivity contribution in [3.63, 3.8) is 0 Å². The Labute approximate surface area is 413 Å². The lowest BCUT2D eigenvalue weighted by Crippen LogP contribution is -2.37. The molecule has 1 nitrogen and oxygen atoms in total. The van der Waals surface area contributed by atoms with Crippen LogP contribution < -0.4 is 4.90 Å². The lowest BCUT2D eigenvalue weighted by atomic mass is 9.61. The van der Waals surface area contributed by atoms with Crippen LogP contribution in [-0.4, -0.2) is 0 Å². The first-order valence-electron chi connectivity index (χ1n) is 23.6.